The second-order valence-electron chi connectivity index (χ2n) is 12.1. The van der Waals surface area contributed by atoms with E-state index in [-0.39, 0.29) is 23.2 Å². The van der Waals surface area contributed by atoms with Gasteiger partial charge in [0.15, 0.2) is 0 Å². The van der Waals surface area contributed by atoms with Crippen LogP contribution in [0.3, 0.4) is 0 Å². The van der Waals surface area contributed by atoms with E-state index in [1.807, 2.05) is 41.0 Å². The topological polar surface area (TPSA) is 67.2 Å². The molecule has 192 valence electrons. The first kappa shape index (κ1) is 23.2. The standard InChI is InChI=1S/C31H34FN3O2/c32-25-8-4-7-23-27-17-33-18-35(27)26(30(23)25)12-28(36)31-13-20-9-21(14-31)24(22(10-20)15-31)16-34-29(37)11-19-5-2-1-3-6-19/h1-8,17-18,20-22,24,26,28,36H,9-16H2,(H,34,37). The van der Waals surface area contributed by atoms with Gasteiger partial charge < -0.3 is 15.0 Å². The molecule has 1 aliphatic heterocycles. The average molecular weight is 500 g/mol. The van der Waals surface area contributed by atoms with Crippen molar-refractivity contribution in [3.63, 3.8) is 0 Å². The van der Waals surface area contributed by atoms with Crippen molar-refractivity contribution in [2.45, 2.75) is 57.1 Å². The van der Waals surface area contributed by atoms with Gasteiger partial charge in [-0.05, 0) is 79.2 Å². The Morgan fingerprint density at radius 2 is 1.89 bits per heavy atom. The van der Waals surface area contributed by atoms with E-state index in [2.05, 4.69) is 10.3 Å². The van der Waals surface area contributed by atoms with Crippen LogP contribution in [0.25, 0.3) is 11.3 Å². The summed E-state index contributed by atoms with van der Waals surface area (Å²) in [6.45, 7) is 0.736. The third-order valence-electron chi connectivity index (χ3n) is 10.1. The smallest absolute Gasteiger partial charge is 0.224 e. The highest BCUT2D eigenvalue weighted by molar-refractivity contribution is 5.78. The Bertz CT molecular complexity index is 1300. The number of fused-ring (bicyclic) bond motifs is 3. The number of carbonyl (C=O) groups excluding carboxylic acids is 1. The molecule has 0 saturated heterocycles. The third-order valence-corrected chi connectivity index (χ3v) is 10.1. The maximum Gasteiger partial charge on any atom is 0.224 e. The number of carbonyl (C=O) groups is 1. The predicted octanol–water partition coefficient (Wildman–Crippen LogP) is 5.14. The zero-order chi connectivity index (χ0) is 25.1. The molecular formula is C31H34FN3O2. The Hall–Kier alpha value is -2.99. The van der Waals surface area contributed by atoms with Crippen molar-refractivity contribution in [3.8, 4) is 11.3 Å². The lowest BCUT2D eigenvalue weighted by molar-refractivity contribution is -0.150. The Balaban J connectivity index is 1.06. The maximum absolute atomic E-state index is 15.0. The molecule has 3 aromatic rings. The van der Waals surface area contributed by atoms with Crippen LogP contribution in [0.5, 0.6) is 0 Å². The number of halogens is 1. The summed E-state index contributed by atoms with van der Waals surface area (Å²) >= 11 is 0. The van der Waals surface area contributed by atoms with Crippen LogP contribution in [0.15, 0.2) is 61.1 Å². The molecular weight excluding hydrogens is 465 g/mol. The summed E-state index contributed by atoms with van der Waals surface area (Å²) in [4.78, 5) is 16.9. The van der Waals surface area contributed by atoms with E-state index in [9.17, 15) is 14.3 Å². The molecule has 2 aromatic carbocycles. The average Bonchev–Trinajstić information content (AvgIpc) is 3.47. The van der Waals surface area contributed by atoms with Gasteiger partial charge in [-0.2, -0.15) is 0 Å². The molecule has 4 saturated carbocycles. The number of aromatic nitrogens is 2. The van der Waals surface area contributed by atoms with Gasteiger partial charge in [0.2, 0.25) is 5.91 Å². The molecule has 1 amide bonds. The summed E-state index contributed by atoms with van der Waals surface area (Å²) in [5, 5.41) is 15.0. The van der Waals surface area contributed by atoms with Crippen molar-refractivity contribution in [2.75, 3.05) is 6.54 Å². The van der Waals surface area contributed by atoms with Gasteiger partial charge in [-0.1, -0.05) is 42.5 Å². The molecule has 6 heteroatoms. The van der Waals surface area contributed by atoms with Crippen molar-refractivity contribution >= 4 is 5.91 Å². The molecule has 4 unspecified atom stereocenters. The third kappa shape index (κ3) is 3.83. The van der Waals surface area contributed by atoms with Gasteiger partial charge in [0, 0.05) is 17.7 Å². The molecule has 4 aliphatic carbocycles. The van der Waals surface area contributed by atoms with Gasteiger partial charge in [-0.3, -0.25) is 4.79 Å². The van der Waals surface area contributed by atoms with E-state index in [4.69, 9.17) is 0 Å². The lowest BCUT2D eigenvalue weighted by Gasteiger charge is -2.61. The fourth-order valence-corrected chi connectivity index (χ4v) is 8.70. The molecule has 1 aromatic heterocycles. The minimum atomic E-state index is -0.486. The summed E-state index contributed by atoms with van der Waals surface area (Å²) in [6.07, 6.45) is 9.52. The maximum atomic E-state index is 15.0. The van der Waals surface area contributed by atoms with Crippen LogP contribution in [-0.2, 0) is 11.2 Å². The summed E-state index contributed by atoms with van der Waals surface area (Å²) in [6, 6.07) is 14.9. The monoisotopic (exact) mass is 499 g/mol. The van der Waals surface area contributed by atoms with E-state index in [0.717, 1.165) is 42.6 Å². The number of imidazole rings is 1. The zero-order valence-corrected chi connectivity index (χ0v) is 21.0. The van der Waals surface area contributed by atoms with Crippen molar-refractivity contribution in [3.05, 3.63) is 78.0 Å². The summed E-state index contributed by atoms with van der Waals surface area (Å²) in [7, 11) is 0. The van der Waals surface area contributed by atoms with Gasteiger partial charge in [0.05, 0.1) is 36.8 Å². The number of rotatable bonds is 7. The van der Waals surface area contributed by atoms with Crippen LogP contribution >= 0.6 is 0 Å². The van der Waals surface area contributed by atoms with Gasteiger partial charge in [-0.15, -0.1) is 0 Å². The fraction of sp³-hybridized carbons (Fsp3) is 0.484. The Labute approximate surface area is 217 Å². The van der Waals surface area contributed by atoms with E-state index >= 15 is 0 Å². The molecule has 4 fully saturated rings. The van der Waals surface area contributed by atoms with Crippen molar-refractivity contribution in [1.82, 2.24) is 14.9 Å². The Morgan fingerprint density at radius 3 is 2.68 bits per heavy atom. The van der Waals surface area contributed by atoms with Crippen LogP contribution < -0.4 is 5.32 Å². The predicted molar refractivity (Wildman–Crippen MR) is 139 cm³/mol. The van der Waals surface area contributed by atoms with Crippen molar-refractivity contribution in [1.29, 1.82) is 0 Å². The number of aliphatic hydroxyl groups excluding tert-OH is 1. The second kappa shape index (κ2) is 8.80. The molecule has 0 radical (unpaired) electrons. The first-order valence-electron chi connectivity index (χ1n) is 13.8. The second-order valence-corrected chi connectivity index (χ2v) is 12.1. The zero-order valence-electron chi connectivity index (χ0n) is 21.0. The Morgan fingerprint density at radius 1 is 1.11 bits per heavy atom. The number of nitrogens with zero attached hydrogens (tertiary/aromatic N) is 2. The number of benzene rings is 2. The van der Waals surface area contributed by atoms with Gasteiger partial charge in [0.25, 0.3) is 0 Å². The molecule has 5 aliphatic rings. The minimum Gasteiger partial charge on any atom is -0.392 e. The van der Waals surface area contributed by atoms with E-state index < -0.39 is 6.10 Å². The summed E-state index contributed by atoms with van der Waals surface area (Å²) < 4.78 is 17.0. The SMILES string of the molecule is O=C(Cc1ccccc1)NCC1C2CC3CC1CC(C(O)CC1c4c(F)cccc4-c4cncn41)(C3)C2. The van der Waals surface area contributed by atoms with Crippen molar-refractivity contribution < 1.29 is 14.3 Å². The molecule has 0 spiro atoms. The molecule has 5 nitrogen and oxygen atoms in total. The first-order valence-corrected chi connectivity index (χ1v) is 13.8. The molecule has 8 rings (SSSR count). The molecule has 37 heavy (non-hydrogen) atoms. The Kier molecular flexibility index (Phi) is 5.50. The molecule has 2 N–H and O–H groups in total. The van der Waals surface area contributed by atoms with E-state index in [0.29, 0.717) is 42.1 Å². The normalized spacial score (nSPS) is 31.7. The number of hydrogen-bond donors (Lipinski definition) is 2. The molecule has 2 heterocycles. The summed E-state index contributed by atoms with van der Waals surface area (Å²) in [5.41, 5.74) is 3.46. The molecule has 4 atom stereocenters. The quantitative estimate of drug-likeness (QED) is 0.473. The minimum absolute atomic E-state index is 0.0906. The van der Waals surface area contributed by atoms with Gasteiger partial charge in [0.1, 0.15) is 5.82 Å². The number of amides is 1. The first-order chi connectivity index (χ1) is 18.0. The highest BCUT2D eigenvalue weighted by Gasteiger charge is 2.58. The van der Waals surface area contributed by atoms with Crippen LogP contribution in [0.1, 0.15) is 55.7 Å². The van der Waals surface area contributed by atoms with E-state index in [1.54, 1.807) is 18.6 Å². The number of nitrogens with one attached hydrogen (secondary N) is 1. The van der Waals surface area contributed by atoms with Crippen LogP contribution in [-0.4, -0.2) is 33.2 Å². The van der Waals surface area contributed by atoms with Gasteiger partial charge in [-0.25, -0.2) is 9.37 Å². The largest absolute Gasteiger partial charge is 0.392 e. The summed E-state index contributed by atoms with van der Waals surface area (Å²) in [5.74, 6) is 2.10. The number of aliphatic hydroxyl groups is 1. The van der Waals surface area contributed by atoms with Crippen LogP contribution in [0.2, 0.25) is 0 Å². The van der Waals surface area contributed by atoms with E-state index in [1.165, 1.54) is 18.9 Å². The van der Waals surface area contributed by atoms with Crippen LogP contribution in [0.4, 0.5) is 4.39 Å². The highest BCUT2D eigenvalue weighted by atomic mass is 19.1. The number of hydrogen-bond acceptors (Lipinski definition) is 3. The fourth-order valence-electron chi connectivity index (χ4n) is 8.70. The lowest BCUT2D eigenvalue weighted by atomic mass is 9.44. The van der Waals surface area contributed by atoms with Crippen molar-refractivity contribution in [2.24, 2.45) is 29.1 Å². The molecule has 4 bridgehead atoms. The van der Waals surface area contributed by atoms with Crippen LogP contribution in [0, 0.1) is 34.9 Å². The highest BCUT2D eigenvalue weighted by Crippen LogP contribution is 2.64. The van der Waals surface area contributed by atoms with Gasteiger partial charge >= 0.3 is 0 Å². The lowest BCUT2D eigenvalue weighted by Crippen LogP contribution is -2.57.